The quantitative estimate of drug-likeness (QED) is 0.0997. The maximum absolute atomic E-state index is 12.4. The predicted octanol–water partition coefficient (Wildman–Crippen LogP) is 13.1. The van der Waals surface area contributed by atoms with Gasteiger partial charge in [-0.15, -0.1) is 12.4 Å². The fourth-order valence-corrected chi connectivity index (χ4v) is 7.70. The first-order chi connectivity index (χ1) is 31.0. The number of aromatic hydroxyl groups is 1. The van der Waals surface area contributed by atoms with Gasteiger partial charge in [-0.05, 0) is 138 Å². The van der Waals surface area contributed by atoms with Crippen LogP contribution in [0.3, 0.4) is 0 Å². The molecule has 0 heterocycles. The van der Waals surface area contributed by atoms with Gasteiger partial charge in [0.1, 0.15) is 61.7 Å². The van der Waals surface area contributed by atoms with E-state index in [9.17, 15) is 27.9 Å². The summed E-state index contributed by atoms with van der Waals surface area (Å²) in [6, 6.07) is 9.98. The molecule has 6 N–H and O–H groups in total. The van der Waals surface area contributed by atoms with Crippen molar-refractivity contribution < 1.29 is 51.9 Å². The number of nitrogens with one attached hydrogen (secondary N) is 2. The third-order valence-corrected chi connectivity index (χ3v) is 12.2. The van der Waals surface area contributed by atoms with Crippen molar-refractivity contribution in [2.45, 2.75) is 89.8 Å². The molecule has 0 bridgehead atoms. The summed E-state index contributed by atoms with van der Waals surface area (Å²) < 4.78 is 56.2. The summed E-state index contributed by atoms with van der Waals surface area (Å²) in [6.45, 7) is 10.5. The Balaban J connectivity index is 0.000000333. The van der Waals surface area contributed by atoms with Crippen molar-refractivity contribution in [3.05, 3.63) is 83.2 Å². The van der Waals surface area contributed by atoms with E-state index < -0.39 is 43.4 Å². The molecule has 11 nitrogen and oxygen atoms in total. The zero-order valence-electron chi connectivity index (χ0n) is 38.1. The molecule has 0 aromatic heterocycles. The van der Waals surface area contributed by atoms with Crippen LogP contribution in [0.1, 0.15) is 95.2 Å². The number of ether oxygens (including phenoxy) is 4. The van der Waals surface area contributed by atoms with Gasteiger partial charge in [0, 0.05) is 31.3 Å². The molecular weight excluding hydrogens is 1030 g/mol. The van der Waals surface area contributed by atoms with Gasteiger partial charge >= 0.3 is 12.2 Å². The fraction of sp³-hybridized carbons (Fsp3) is 0.565. The molecule has 3 aromatic carbocycles. The zero-order valence-corrected chi connectivity index (χ0v) is 43.5. The summed E-state index contributed by atoms with van der Waals surface area (Å²) in [7, 11) is 0. The standard InChI is InChI=1S/C17H22Cl2FNO3.C15H19Cl2NO3.C12H14Cl2FNO.C2H5FO.ClH/c1-17(2,3)24-16(22)21-9-10-6-11(10)12-7-13(18)14(19)8-15(12)23-5-4-20;1-15(2,3)21-14(20)18-7-8-4-9(8)10-5-11(16)12(17)6-13(10)19;13-10-4-9(8-3-7(8)6-16)12(5-11(10)14)17-2-1-15;3-1-2-4;/h7-8,10-11H,4-6,9H2,1-3H3,(H,21,22);5-6,8-9,19H,4,7H2,1-3H3,(H,18,20);4-5,7-8H,1-3,6,16H2;4H,1-2H2;1H. The molecule has 0 radical (unpaired) electrons. The number of aliphatic hydroxyl groups excluding tert-OH is 1. The van der Waals surface area contributed by atoms with Gasteiger partial charge in [-0.2, -0.15) is 0 Å². The van der Waals surface area contributed by atoms with Crippen LogP contribution in [0.2, 0.25) is 30.1 Å². The first-order valence-electron chi connectivity index (χ1n) is 21.3. The van der Waals surface area contributed by atoms with Crippen LogP contribution in [0.25, 0.3) is 0 Å². The molecule has 6 atom stereocenters. The summed E-state index contributed by atoms with van der Waals surface area (Å²) >= 11 is 35.8. The van der Waals surface area contributed by atoms with Crippen molar-refractivity contribution in [3.8, 4) is 17.2 Å². The van der Waals surface area contributed by atoms with Crippen molar-refractivity contribution in [1.82, 2.24) is 10.6 Å². The number of halogens is 10. The molecule has 3 saturated carbocycles. The molecule has 0 spiro atoms. The summed E-state index contributed by atoms with van der Waals surface area (Å²) in [5.41, 5.74) is 7.26. The SMILES string of the molecule is CC(C)(C)OC(=O)NCC1CC1c1cc(Cl)c(Cl)cc1O.CC(C)(C)OC(=O)NCC1CC1c1cc(Cl)c(Cl)cc1OCCF.Cl.NCC1CC1c1cc(Cl)c(Cl)cc1OCCF.OCCF. The van der Waals surface area contributed by atoms with Crippen LogP contribution in [0.5, 0.6) is 17.2 Å². The van der Waals surface area contributed by atoms with Gasteiger partial charge in [0.25, 0.3) is 0 Å². The van der Waals surface area contributed by atoms with Crippen LogP contribution in [-0.2, 0) is 9.47 Å². The highest BCUT2D eigenvalue weighted by Gasteiger charge is 2.42. The van der Waals surface area contributed by atoms with Crippen LogP contribution in [-0.4, -0.2) is 93.1 Å². The lowest BCUT2D eigenvalue weighted by atomic mass is 10.1. The third-order valence-electron chi connectivity index (χ3n) is 10.0. The number of phenolic OH excluding ortho intramolecular Hbond substituents is 1. The second-order valence-corrected chi connectivity index (χ2v) is 20.2. The summed E-state index contributed by atoms with van der Waals surface area (Å²) in [6.07, 6.45) is 1.95. The van der Waals surface area contributed by atoms with E-state index in [0.29, 0.717) is 73.1 Å². The number of hydrogen-bond donors (Lipinski definition) is 5. The molecule has 6 rings (SSSR count). The number of carbonyl (C=O) groups excluding carboxylic acids is 2. The Bertz CT molecular complexity index is 2060. The third kappa shape index (κ3) is 21.1. The van der Waals surface area contributed by atoms with E-state index in [1.165, 1.54) is 6.07 Å². The number of hydrogen-bond acceptors (Lipinski definition) is 9. The predicted molar refractivity (Wildman–Crippen MR) is 264 cm³/mol. The van der Waals surface area contributed by atoms with E-state index in [1.54, 1.807) is 30.3 Å². The highest BCUT2D eigenvalue weighted by Crippen LogP contribution is 2.53. The summed E-state index contributed by atoms with van der Waals surface area (Å²) in [5.74, 6) is 3.09. The molecule has 0 saturated heterocycles. The van der Waals surface area contributed by atoms with Crippen LogP contribution in [0, 0.1) is 17.8 Å². The number of amides is 2. The van der Waals surface area contributed by atoms with Gasteiger partial charge in [0.05, 0.1) is 36.7 Å². The number of alkyl carbamates (subject to hydrolysis) is 2. The summed E-state index contributed by atoms with van der Waals surface area (Å²) in [5, 5.41) is 25.4. The Kier molecular flexibility index (Phi) is 25.5. The van der Waals surface area contributed by atoms with Crippen LogP contribution < -0.4 is 25.8 Å². The smallest absolute Gasteiger partial charge is 0.407 e. The maximum Gasteiger partial charge on any atom is 0.407 e. The average molecular weight is 1090 g/mol. The number of nitrogens with two attached hydrogens (primary N) is 1. The Hall–Kier alpha value is -2.66. The van der Waals surface area contributed by atoms with E-state index in [-0.39, 0.29) is 61.6 Å². The van der Waals surface area contributed by atoms with Crippen molar-refractivity contribution in [3.63, 3.8) is 0 Å². The number of carbonyl (C=O) groups is 2. The van der Waals surface area contributed by atoms with E-state index in [2.05, 4.69) is 10.6 Å². The van der Waals surface area contributed by atoms with Crippen molar-refractivity contribution >= 4 is 94.2 Å². The maximum atomic E-state index is 12.4. The number of alkyl halides is 3. The topological polar surface area (TPSA) is 162 Å². The highest BCUT2D eigenvalue weighted by atomic mass is 35.5. The molecule has 0 aliphatic heterocycles. The van der Waals surface area contributed by atoms with Gasteiger partial charge in [-0.3, -0.25) is 0 Å². The van der Waals surface area contributed by atoms with Gasteiger partial charge in [0.2, 0.25) is 0 Å². The number of phenols is 1. The van der Waals surface area contributed by atoms with Crippen molar-refractivity contribution in [1.29, 1.82) is 0 Å². The normalized spacial score (nSPS) is 19.8. The van der Waals surface area contributed by atoms with Gasteiger partial charge in [-0.25, -0.2) is 22.8 Å². The number of benzene rings is 3. The molecule has 2 amide bonds. The van der Waals surface area contributed by atoms with Crippen LogP contribution >= 0.6 is 82.0 Å². The second kappa shape index (κ2) is 28.3. The largest absolute Gasteiger partial charge is 0.508 e. The Morgan fingerprint density at radius 3 is 1.28 bits per heavy atom. The first kappa shape index (κ1) is 60.5. The second-order valence-electron chi connectivity index (χ2n) is 17.7. The van der Waals surface area contributed by atoms with Crippen molar-refractivity contribution in [2.75, 3.05) is 59.5 Å². The van der Waals surface area contributed by atoms with Gasteiger partial charge < -0.3 is 45.5 Å². The minimum absolute atomic E-state index is 0. The summed E-state index contributed by atoms with van der Waals surface area (Å²) in [4.78, 5) is 23.3. The lowest BCUT2D eigenvalue weighted by molar-refractivity contribution is 0.0513. The molecule has 3 fully saturated rings. The Morgan fingerprint density at radius 2 is 0.940 bits per heavy atom. The van der Waals surface area contributed by atoms with Crippen molar-refractivity contribution in [2.24, 2.45) is 23.5 Å². The molecular formula is C46H61Cl7F3N3O8. The Labute approximate surface area is 427 Å². The van der Waals surface area contributed by atoms with Crippen LogP contribution in [0.15, 0.2) is 36.4 Å². The molecule has 3 aromatic rings. The van der Waals surface area contributed by atoms with E-state index >= 15 is 0 Å². The number of aliphatic hydroxyl groups is 1. The van der Waals surface area contributed by atoms with Gasteiger partial charge in [0.15, 0.2) is 0 Å². The molecule has 378 valence electrons. The first-order valence-corrected chi connectivity index (χ1v) is 23.6. The fourth-order valence-electron chi connectivity index (χ4n) is 6.72. The minimum Gasteiger partial charge on any atom is -0.508 e. The highest BCUT2D eigenvalue weighted by molar-refractivity contribution is 6.43. The molecule has 3 aliphatic carbocycles. The minimum atomic E-state index is -0.625. The lowest BCUT2D eigenvalue weighted by Crippen LogP contribution is -2.33. The molecule has 6 unspecified atom stereocenters. The van der Waals surface area contributed by atoms with E-state index in [1.807, 2.05) is 41.5 Å². The number of rotatable bonds is 15. The van der Waals surface area contributed by atoms with Gasteiger partial charge in [-0.1, -0.05) is 69.6 Å². The average Bonchev–Trinajstić information content (AvgIpc) is 4.14. The molecule has 21 heteroatoms. The Morgan fingerprint density at radius 1 is 0.612 bits per heavy atom. The molecule has 3 aliphatic rings. The van der Waals surface area contributed by atoms with E-state index in [0.717, 1.165) is 36.0 Å². The molecule has 67 heavy (non-hydrogen) atoms. The zero-order chi connectivity index (χ0) is 49.5. The lowest BCUT2D eigenvalue weighted by Gasteiger charge is -2.19. The van der Waals surface area contributed by atoms with E-state index in [4.69, 9.17) is 99.4 Å². The van der Waals surface area contributed by atoms with Crippen LogP contribution in [0.4, 0.5) is 22.8 Å². The monoisotopic (exact) mass is 1090 g/mol.